The van der Waals surface area contributed by atoms with E-state index in [1.54, 1.807) is 32.2 Å². The fraction of sp³-hybridized carbons (Fsp3) is 0.333. The third-order valence-electron chi connectivity index (χ3n) is 3.23. The maximum atomic E-state index is 12.3. The van der Waals surface area contributed by atoms with Crippen LogP contribution in [-0.4, -0.2) is 30.6 Å². The number of aryl methyl sites for hydroxylation is 1. The molecule has 5 nitrogen and oxygen atoms in total. The molecule has 0 fully saturated rings. The predicted molar refractivity (Wildman–Crippen MR) is 71.9 cm³/mol. The summed E-state index contributed by atoms with van der Waals surface area (Å²) in [6, 6.07) is 5.13. The van der Waals surface area contributed by atoms with Gasteiger partial charge in [0.15, 0.2) is 5.78 Å². The van der Waals surface area contributed by atoms with Gasteiger partial charge in [-0.15, -0.1) is 0 Å². The Morgan fingerprint density at radius 1 is 1.35 bits per heavy atom. The number of benzene rings is 1. The second-order valence-corrected chi connectivity index (χ2v) is 4.40. The van der Waals surface area contributed by atoms with E-state index in [0.717, 1.165) is 5.56 Å². The van der Waals surface area contributed by atoms with Gasteiger partial charge in [0.2, 0.25) is 5.76 Å². The number of carbonyl (C=O) groups excluding carboxylic acids is 2. The van der Waals surface area contributed by atoms with E-state index in [2.05, 4.69) is 0 Å². The molecule has 1 aromatic carbocycles. The van der Waals surface area contributed by atoms with E-state index in [0.29, 0.717) is 24.2 Å². The van der Waals surface area contributed by atoms with Gasteiger partial charge in [-0.1, -0.05) is 0 Å². The minimum Gasteiger partial charge on any atom is -0.502 e. The lowest BCUT2D eigenvalue weighted by Crippen LogP contribution is -2.20. The highest BCUT2D eigenvalue weighted by atomic mass is 16.5. The summed E-state index contributed by atoms with van der Waals surface area (Å²) in [5.41, 5.74) is 1.46. The summed E-state index contributed by atoms with van der Waals surface area (Å²) in [4.78, 5) is 23.8. The quantitative estimate of drug-likeness (QED) is 0.520. The van der Waals surface area contributed by atoms with Crippen molar-refractivity contribution in [1.82, 2.24) is 0 Å². The molecule has 1 aromatic rings. The first-order valence-electron chi connectivity index (χ1n) is 6.39. The van der Waals surface area contributed by atoms with Crippen molar-refractivity contribution in [2.75, 3.05) is 13.7 Å². The van der Waals surface area contributed by atoms with Crippen LogP contribution in [0.3, 0.4) is 0 Å². The Morgan fingerprint density at radius 2 is 2.10 bits per heavy atom. The first-order chi connectivity index (χ1) is 9.58. The summed E-state index contributed by atoms with van der Waals surface area (Å²) in [5.74, 6) is -1.09. The number of ether oxygens (including phenoxy) is 2. The molecule has 1 aliphatic rings. The van der Waals surface area contributed by atoms with E-state index < -0.39 is 11.7 Å². The number of allylic oxidation sites excluding steroid dienone is 1. The molecule has 2 rings (SSSR count). The molecule has 0 spiro atoms. The number of hydrogen-bond donors (Lipinski definition) is 1. The first-order valence-corrected chi connectivity index (χ1v) is 6.39. The van der Waals surface area contributed by atoms with E-state index in [1.165, 1.54) is 0 Å². The number of carbonyl (C=O) groups is 2. The summed E-state index contributed by atoms with van der Waals surface area (Å²) in [7, 11) is 1.56. The Labute approximate surface area is 116 Å². The normalized spacial score (nSPS) is 16.4. The molecule has 0 amide bonds. The van der Waals surface area contributed by atoms with Crippen LogP contribution in [0.25, 0.3) is 0 Å². The van der Waals surface area contributed by atoms with Gasteiger partial charge in [0, 0.05) is 11.1 Å². The van der Waals surface area contributed by atoms with Crippen LogP contribution in [0.4, 0.5) is 0 Å². The highest BCUT2D eigenvalue weighted by molar-refractivity contribution is 6.13. The van der Waals surface area contributed by atoms with Crippen molar-refractivity contribution in [2.24, 2.45) is 0 Å². The lowest BCUT2D eigenvalue weighted by Gasteiger charge is -2.18. The van der Waals surface area contributed by atoms with Crippen molar-refractivity contribution in [3.8, 4) is 5.75 Å². The molecule has 0 saturated heterocycles. The van der Waals surface area contributed by atoms with Crippen LogP contribution in [0.1, 0.15) is 29.3 Å². The molecular weight excluding hydrogens is 260 g/mol. The molecule has 0 atom stereocenters. The van der Waals surface area contributed by atoms with Crippen LogP contribution < -0.4 is 4.74 Å². The van der Waals surface area contributed by atoms with E-state index in [-0.39, 0.29) is 18.0 Å². The Bertz CT molecular complexity index is 586. The molecule has 1 N–H and O–H groups in total. The molecule has 0 aliphatic heterocycles. The van der Waals surface area contributed by atoms with Gasteiger partial charge < -0.3 is 14.6 Å². The first kappa shape index (κ1) is 14.1. The standard InChI is InChI=1S/C15H16O5/c1-3-20-15(18)14(17)12-6-4-9-8-10(19-2)5-7-11(9)13(12)16/h5,7-8,17H,3-4,6H2,1-2H3/b14-12-. The van der Waals surface area contributed by atoms with Gasteiger partial charge >= 0.3 is 5.97 Å². The van der Waals surface area contributed by atoms with Crippen molar-refractivity contribution in [3.05, 3.63) is 40.7 Å². The van der Waals surface area contributed by atoms with Gasteiger partial charge in [-0.2, -0.15) is 0 Å². The second kappa shape index (κ2) is 5.77. The van der Waals surface area contributed by atoms with Gasteiger partial charge in [0.05, 0.1) is 13.7 Å². The van der Waals surface area contributed by atoms with Crippen LogP contribution >= 0.6 is 0 Å². The van der Waals surface area contributed by atoms with Crippen molar-refractivity contribution in [1.29, 1.82) is 0 Å². The summed E-state index contributed by atoms with van der Waals surface area (Å²) in [5, 5.41) is 9.83. The zero-order valence-electron chi connectivity index (χ0n) is 11.4. The number of fused-ring (bicyclic) bond motifs is 1. The Hall–Kier alpha value is -2.30. The van der Waals surface area contributed by atoms with Crippen LogP contribution in [0, 0.1) is 0 Å². The van der Waals surface area contributed by atoms with Gasteiger partial charge in [-0.3, -0.25) is 4.79 Å². The fourth-order valence-electron chi connectivity index (χ4n) is 2.21. The summed E-state index contributed by atoms with van der Waals surface area (Å²) in [6.45, 7) is 1.79. The summed E-state index contributed by atoms with van der Waals surface area (Å²) < 4.78 is 9.82. The fourth-order valence-corrected chi connectivity index (χ4v) is 2.21. The zero-order valence-corrected chi connectivity index (χ0v) is 11.4. The number of ketones is 1. The Morgan fingerprint density at radius 3 is 2.75 bits per heavy atom. The lowest BCUT2D eigenvalue weighted by atomic mass is 9.86. The molecule has 0 bridgehead atoms. The highest BCUT2D eigenvalue weighted by Crippen LogP contribution is 2.29. The third kappa shape index (κ3) is 2.52. The molecule has 1 aliphatic carbocycles. The number of aliphatic hydroxyl groups excluding tert-OH is 1. The molecule has 0 aromatic heterocycles. The highest BCUT2D eigenvalue weighted by Gasteiger charge is 2.28. The number of methoxy groups -OCH3 is 1. The molecule has 106 valence electrons. The van der Waals surface area contributed by atoms with Gasteiger partial charge in [0.25, 0.3) is 0 Å². The number of hydrogen-bond acceptors (Lipinski definition) is 5. The lowest BCUT2D eigenvalue weighted by molar-refractivity contribution is -0.141. The predicted octanol–water partition coefficient (Wildman–Crippen LogP) is 2.20. The average molecular weight is 276 g/mol. The van der Waals surface area contributed by atoms with E-state index in [1.807, 2.05) is 0 Å². The minimum absolute atomic E-state index is 0.112. The van der Waals surface area contributed by atoms with Crippen molar-refractivity contribution in [3.63, 3.8) is 0 Å². The average Bonchev–Trinajstić information content (AvgIpc) is 2.46. The Kier molecular flexibility index (Phi) is 4.08. The smallest absolute Gasteiger partial charge is 0.373 e. The van der Waals surface area contributed by atoms with Crippen LogP contribution in [-0.2, 0) is 16.0 Å². The van der Waals surface area contributed by atoms with Crippen molar-refractivity contribution in [2.45, 2.75) is 19.8 Å². The maximum absolute atomic E-state index is 12.3. The molecule has 0 saturated carbocycles. The molecule has 0 heterocycles. The number of Topliss-reactive ketones (excluding diaryl/α,β-unsaturated/α-hetero) is 1. The topological polar surface area (TPSA) is 72.8 Å². The number of aliphatic hydroxyl groups is 1. The summed E-state index contributed by atoms with van der Waals surface area (Å²) in [6.07, 6.45) is 0.876. The largest absolute Gasteiger partial charge is 0.502 e. The van der Waals surface area contributed by atoms with Crippen LogP contribution in [0.2, 0.25) is 0 Å². The van der Waals surface area contributed by atoms with Gasteiger partial charge in [0.1, 0.15) is 5.75 Å². The van der Waals surface area contributed by atoms with Crippen molar-refractivity contribution < 1.29 is 24.2 Å². The number of rotatable bonds is 3. The molecule has 0 unspecified atom stereocenters. The molecule has 5 heteroatoms. The van der Waals surface area contributed by atoms with Crippen LogP contribution in [0.5, 0.6) is 5.75 Å². The Balaban J connectivity index is 2.37. The van der Waals surface area contributed by atoms with E-state index >= 15 is 0 Å². The second-order valence-electron chi connectivity index (χ2n) is 4.40. The monoisotopic (exact) mass is 276 g/mol. The van der Waals surface area contributed by atoms with Gasteiger partial charge in [-0.25, -0.2) is 4.79 Å². The maximum Gasteiger partial charge on any atom is 0.373 e. The van der Waals surface area contributed by atoms with E-state index in [4.69, 9.17) is 9.47 Å². The molecule has 20 heavy (non-hydrogen) atoms. The van der Waals surface area contributed by atoms with Crippen LogP contribution in [0.15, 0.2) is 29.5 Å². The number of esters is 1. The van der Waals surface area contributed by atoms with Crippen molar-refractivity contribution >= 4 is 11.8 Å². The third-order valence-corrected chi connectivity index (χ3v) is 3.23. The van der Waals surface area contributed by atoms with Gasteiger partial charge in [-0.05, 0) is 43.5 Å². The SMILES string of the molecule is CCOC(=O)/C(O)=C1\CCc2cc(OC)ccc2C1=O. The van der Waals surface area contributed by atoms with E-state index in [9.17, 15) is 14.7 Å². The molecular formula is C15H16O5. The molecule has 0 radical (unpaired) electrons. The summed E-state index contributed by atoms with van der Waals surface area (Å²) >= 11 is 0. The zero-order chi connectivity index (χ0) is 14.7. The minimum atomic E-state index is -0.854.